The third kappa shape index (κ3) is 7.33. The Kier molecular flexibility index (Phi) is 9.46. The third-order valence-corrected chi connectivity index (χ3v) is 5.53. The first-order chi connectivity index (χ1) is 14.7. The van der Waals surface area contributed by atoms with Crippen molar-refractivity contribution < 1.29 is 19.1 Å². The molecule has 0 fully saturated rings. The fraction of sp³-hybridized carbons (Fsp3) is 0.391. The molecule has 2 aromatic carbocycles. The van der Waals surface area contributed by atoms with Gasteiger partial charge in [-0.3, -0.25) is 9.59 Å². The number of ether oxygens (including phenoxy) is 2. The van der Waals surface area contributed by atoms with Crippen LogP contribution in [0.2, 0.25) is 10.0 Å². The average molecular weight is 467 g/mol. The molecule has 0 aromatic heterocycles. The fourth-order valence-electron chi connectivity index (χ4n) is 2.78. The number of benzene rings is 2. The SMILES string of the molecule is CC[C@@H](C)NC(=O)[C@@H](C)N(Cc1ccc(Cl)cc1Cl)C(=O)COc1ccc(OC)cc1. The Hall–Kier alpha value is -2.44. The highest BCUT2D eigenvalue weighted by Gasteiger charge is 2.27. The van der Waals surface area contributed by atoms with Crippen LogP contribution in [0.1, 0.15) is 32.8 Å². The monoisotopic (exact) mass is 466 g/mol. The van der Waals surface area contributed by atoms with Gasteiger partial charge in [0, 0.05) is 22.6 Å². The summed E-state index contributed by atoms with van der Waals surface area (Å²) in [6.45, 7) is 5.51. The number of carbonyl (C=O) groups excluding carboxylic acids is 2. The molecule has 0 unspecified atom stereocenters. The van der Waals surface area contributed by atoms with Crippen LogP contribution in [0.15, 0.2) is 42.5 Å². The van der Waals surface area contributed by atoms with Crippen molar-refractivity contribution in [1.29, 1.82) is 0 Å². The quantitative estimate of drug-likeness (QED) is 0.550. The zero-order valence-electron chi connectivity index (χ0n) is 18.2. The van der Waals surface area contributed by atoms with Crippen LogP contribution in [0.25, 0.3) is 0 Å². The molecule has 0 heterocycles. The zero-order chi connectivity index (χ0) is 23.0. The lowest BCUT2D eigenvalue weighted by molar-refractivity contribution is -0.142. The lowest BCUT2D eigenvalue weighted by Gasteiger charge is -2.30. The number of amides is 2. The minimum atomic E-state index is -0.715. The number of hydrogen-bond donors (Lipinski definition) is 1. The molecule has 1 N–H and O–H groups in total. The van der Waals surface area contributed by atoms with Crippen molar-refractivity contribution in [1.82, 2.24) is 10.2 Å². The molecule has 0 bridgehead atoms. The molecule has 2 rings (SSSR count). The lowest BCUT2D eigenvalue weighted by Crippen LogP contribution is -2.50. The Bertz CT molecular complexity index is 890. The number of methoxy groups -OCH3 is 1. The van der Waals surface area contributed by atoms with Crippen LogP contribution in [0.3, 0.4) is 0 Å². The van der Waals surface area contributed by atoms with E-state index in [-0.39, 0.29) is 31.0 Å². The maximum absolute atomic E-state index is 13.1. The number of rotatable bonds is 10. The summed E-state index contributed by atoms with van der Waals surface area (Å²) in [5, 5.41) is 3.84. The summed E-state index contributed by atoms with van der Waals surface area (Å²) in [5.74, 6) is 0.634. The highest BCUT2D eigenvalue weighted by Crippen LogP contribution is 2.23. The Morgan fingerprint density at radius 3 is 2.29 bits per heavy atom. The topological polar surface area (TPSA) is 67.9 Å². The summed E-state index contributed by atoms with van der Waals surface area (Å²) in [6.07, 6.45) is 0.788. The molecule has 31 heavy (non-hydrogen) atoms. The predicted octanol–water partition coefficient (Wildman–Crippen LogP) is 4.71. The first kappa shape index (κ1) is 24.8. The van der Waals surface area contributed by atoms with E-state index in [4.69, 9.17) is 32.7 Å². The minimum absolute atomic E-state index is 0.00145. The van der Waals surface area contributed by atoms with Gasteiger partial charge in [-0.15, -0.1) is 0 Å². The van der Waals surface area contributed by atoms with Crippen molar-refractivity contribution in [3.05, 3.63) is 58.1 Å². The Morgan fingerprint density at radius 2 is 1.71 bits per heavy atom. The van der Waals surface area contributed by atoms with Crippen LogP contribution >= 0.6 is 23.2 Å². The molecule has 0 radical (unpaired) electrons. The highest BCUT2D eigenvalue weighted by atomic mass is 35.5. The molecule has 6 nitrogen and oxygen atoms in total. The van der Waals surface area contributed by atoms with Gasteiger partial charge in [0.15, 0.2) is 6.61 Å². The number of nitrogens with one attached hydrogen (secondary N) is 1. The number of halogens is 2. The Morgan fingerprint density at radius 1 is 1.06 bits per heavy atom. The number of hydrogen-bond acceptors (Lipinski definition) is 4. The van der Waals surface area contributed by atoms with Crippen molar-refractivity contribution in [2.45, 2.75) is 45.8 Å². The van der Waals surface area contributed by atoms with Crippen LogP contribution in [0.4, 0.5) is 0 Å². The summed E-state index contributed by atoms with van der Waals surface area (Å²) in [7, 11) is 1.57. The molecule has 2 amide bonds. The van der Waals surface area contributed by atoms with Gasteiger partial charge in [0.1, 0.15) is 17.5 Å². The van der Waals surface area contributed by atoms with Gasteiger partial charge in [-0.05, 0) is 62.2 Å². The third-order valence-electron chi connectivity index (χ3n) is 4.95. The van der Waals surface area contributed by atoms with Gasteiger partial charge in [-0.1, -0.05) is 36.2 Å². The number of carbonyl (C=O) groups is 2. The van der Waals surface area contributed by atoms with E-state index in [1.54, 1.807) is 56.5 Å². The summed E-state index contributed by atoms with van der Waals surface area (Å²) < 4.78 is 10.8. The van der Waals surface area contributed by atoms with Crippen molar-refractivity contribution in [2.75, 3.05) is 13.7 Å². The lowest BCUT2D eigenvalue weighted by atomic mass is 10.1. The normalized spacial score (nSPS) is 12.6. The fourth-order valence-corrected chi connectivity index (χ4v) is 3.25. The van der Waals surface area contributed by atoms with Gasteiger partial charge in [-0.2, -0.15) is 0 Å². The van der Waals surface area contributed by atoms with E-state index < -0.39 is 6.04 Å². The molecule has 0 saturated heterocycles. The molecule has 0 spiro atoms. The first-order valence-corrected chi connectivity index (χ1v) is 10.8. The second kappa shape index (κ2) is 11.8. The van der Waals surface area contributed by atoms with Crippen LogP contribution in [0, 0.1) is 0 Å². The van der Waals surface area contributed by atoms with Crippen molar-refractivity contribution in [3.8, 4) is 11.5 Å². The summed E-state index contributed by atoms with van der Waals surface area (Å²) in [5.41, 5.74) is 0.687. The first-order valence-electron chi connectivity index (χ1n) is 10.1. The van der Waals surface area contributed by atoms with E-state index in [9.17, 15) is 9.59 Å². The van der Waals surface area contributed by atoms with E-state index in [0.717, 1.165) is 6.42 Å². The van der Waals surface area contributed by atoms with Gasteiger partial charge in [0.05, 0.1) is 7.11 Å². The van der Waals surface area contributed by atoms with Crippen LogP contribution in [-0.2, 0) is 16.1 Å². The van der Waals surface area contributed by atoms with Crippen LogP contribution < -0.4 is 14.8 Å². The predicted molar refractivity (Wildman–Crippen MR) is 123 cm³/mol. The van der Waals surface area contributed by atoms with Crippen LogP contribution in [-0.4, -0.2) is 42.5 Å². The Balaban J connectivity index is 2.17. The second-order valence-electron chi connectivity index (χ2n) is 7.22. The summed E-state index contributed by atoms with van der Waals surface area (Å²) >= 11 is 12.3. The van der Waals surface area contributed by atoms with E-state index in [1.807, 2.05) is 13.8 Å². The molecule has 2 aromatic rings. The van der Waals surface area contributed by atoms with E-state index in [2.05, 4.69) is 5.32 Å². The smallest absolute Gasteiger partial charge is 0.261 e. The molecule has 8 heteroatoms. The van der Waals surface area contributed by atoms with Crippen molar-refractivity contribution >= 4 is 35.0 Å². The van der Waals surface area contributed by atoms with Gasteiger partial charge in [0.2, 0.25) is 5.91 Å². The zero-order valence-corrected chi connectivity index (χ0v) is 19.7. The van der Waals surface area contributed by atoms with Gasteiger partial charge >= 0.3 is 0 Å². The molecular weight excluding hydrogens is 439 g/mol. The molecular formula is C23H28Cl2N2O4. The van der Waals surface area contributed by atoms with Gasteiger partial charge < -0.3 is 19.7 Å². The molecule has 0 aliphatic carbocycles. The summed E-state index contributed by atoms with van der Waals surface area (Å²) in [6, 6.07) is 11.3. The molecule has 0 saturated carbocycles. The van der Waals surface area contributed by atoms with Gasteiger partial charge in [0.25, 0.3) is 5.91 Å². The van der Waals surface area contributed by atoms with Crippen LogP contribution in [0.5, 0.6) is 11.5 Å². The highest BCUT2D eigenvalue weighted by molar-refractivity contribution is 6.35. The molecule has 0 aliphatic heterocycles. The van der Waals surface area contributed by atoms with E-state index >= 15 is 0 Å². The summed E-state index contributed by atoms with van der Waals surface area (Å²) in [4.78, 5) is 27.2. The molecule has 2 atom stereocenters. The van der Waals surface area contributed by atoms with Crippen molar-refractivity contribution in [2.24, 2.45) is 0 Å². The van der Waals surface area contributed by atoms with E-state index in [1.165, 1.54) is 4.90 Å². The van der Waals surface area contributed by atoms with Gasteiger partial charge in [-0.25, -0.2) is 0 Å². The Labute approximate surface area is 193 Å². The standard InChI is InChI=1S/C23H28Cl2N2O4/c1-5-15(2)26-23(29)16(3)27(13-17-6-7-18(24)12-21(17)25)22(28)14-31-20-10-8-19(30-4)9-11-20/h6-12,15-16H,5,13-14H2,1-4H3,(H,26,29)/t15-,16-/m1/s1. The number of nitrogens with zero attached hydrogens (tertiary/aromatic N) is 1. The molecule has 168 valence electrons. The maximum Gasteiger partial charge on any atom is 0.261 e. The van der Waals surface area contributed by atoms with Crippen molar-refractivity contribution in [3.63, 3.8) is 0 Å². The second-order valence-corrected chi connectivity index (χ2v) is 8.06. The minimum Gasteiger partial charge on any atom is -0.497 e. The average Bonchev–Trinajstić information content (AvgIpc) is 2.76. The largest absolute Gasteiger partial charge is 0.497 e. The molecule has 0 aliphatic rings. The maximum atomic E-state index is 13.1. The van der Waals surface area contributed by atoms with E-state index in [0.29, 0.717) is 27.1 Å².